The molecule has 1 amide bonds. The smallest absolute Gasteiger partial charge is 0.228 e. The molecule has 0 atom stereocenters. The van der Waals surface area contributed by atoms with E-state index in [2.05, 4.69) is 45.1 Å². The second-order valence-electron chi connectivity index (χ2n) is 5.78. The van der Waals surface area contributed by atoms with E-state index in [1.165, 1.54) is 11.1 Å². The molecule has 0 aromatic heterocycles. The maximum atomic E-state index is 12.3. The Morgan fingerprint density at radius 3 is 2.44 bits per heavy atom. The van der Waals surface area contributed by atoms with Crippen molar-refractivity contribution in [3.05, 3.63) is 29.3 Å². The lowest BCUT2D eigenvalue weighted by molar-refractivity contribution is -0.118. The fourth-order valence-electron chi connectivity index (χ4n) is 2.62. The molecule has 98 valence electrons. The predicted octanol–water partition coefficient (Wildman–Crippen LogP) is 2.41. The molecule has 0 radical (unpaired) electrons. The van der Waals surface area contributed by atoms with Gasteiger partial charge in [-0.3, -0.25) is 4.79 Å². The average molecular weight is 246 g/mol. The van der Waals surface area contributed by atoms with Crippen molar-refractivity contribution in [2.24, 2.45) is 0 Å². The quantitative estimate of drug-likeness (QED) is 0.825. The van der Waals surface area contributed by atoms with Crippen LogP contribution in [0.5, 0.6) is 0 Å². The van der Waals surface area contributed by atoms with Crippen LogP contribution in [0.4, 0.5) is 5.69 Å². The van der Waals surface area contributed by atoms with E-state index in [9.17, 15) is 4.79 Å². The highest BCUT2D eigenvalue weighted by Gasteiger charge is 2.30. The second-order valence-corrected chi connectivity index (χ2v) is 5.78. The van der Waals surface area contributed by atoms with Gasteiger partial charge in [0, 0.05) is 30.7 Å². The Morgan fingerprint density at radius 2 is 1.83 bits per heavy atom. The first-order chi connectivity index (χ1) is 8.41. The van der Waals surface area contributed by atoms with Gasteiger partial charge in [0.15, 0.2) is 0 Å². The third kappa shape index (κ3) is 2.56. The van der Waals surface area contributed by atoms with E-state index in [-0.39, 0.29) is 11.4 Å². The number of anilines is 1. The lowest BCUT2D eigenvalue weighted by atomic mass is 10.0. The minimum atomic E-state index is -0.0408. The van der Waals surface area contributed by atoms with E-state index in [0.717, 1.165) is 18.8 Å². The highest BCUT2D eigenvalue weighted by molar-refractivity contribution is 5.95. The lowest BCUT2D eigenvalue weighted by Crippen LogP contribution is -2.47. The van der Waals surface area contributed by atoms with Crippen LogP contribution < -0.4 is 10.2 Å². The molecule has 1 aromatic carbocycles. The highest BCUT2D eigenvalue weighted by Crippen LogP contribution is 2.27. The van der Waals surface area contributed by atoms with Crippen molar-refractivity contribution in [2.45, 2.75) is 39.7 Å². The summed E-state index contributed by atoms with van der Waals surface area (Å²) in [7, 11) is 0. The Morgan fingerprint density at radius 1 is 1.22 bits per heavy atom. The van der Waals surface area contributed by atoms with E-state index in [4.69, 9.17) is 0 Å². The van der Waals surface area contributed by atoms with Gasteiger partial charge in [-0.05, 0) is 38.8 Å². The Balaban J connectivity index is 2.43. The Bertz CT molecular complexity index is 445. The maximum Gasteiger partial charge on any atom is 0.228 e. The summed E-state index contributed by atoms with van der Waals surface area (Å²) < 4.78 is 0. The predicted molar refractivity (Wildman–Crippen MR) is 75.0 cm³/mol. The van der Waals surface area contributed by atoms with E-state index in [1.807, 2.05) is 11.0 Å². The van der Waals surface area contributed by atoms with Gasteiger partial charge in [0.1, 0.15) is 0 Å². The summed E-state index contributed by atoms with van der Waals surface area (Å²) in [5.41, 5.74) is 3.38. The number of nitrogens with zero attached hydrogens (tertiary/aromatic N) is 1. The largest absolute Gasteiger partial charge is 0.310 e. The van der Waals surface area contributed by atoms with Gasteiger partial charge in [0.05, 0.1) is 0 Å². The summed E-state index contributed by atoms with van der Waals surface area (Å²) in [5, 5.41) is 3.43. The number of aryl methyl sites for hydroxylation is 2. The van der Waals surface area contributed by atoms with Crippen molar-refractivity contribution in [1.82, 2.24) is 5.32 Å². The summed E-state index contributed by atoms with van der Waals surface area (Å²) in [5.74, 6) is 0.213. The van der Waals surface area contributed by atoms with Gasteiger partial charge in [0.25, 0.3) is 0 Å². The Hall–Kier alpha value is -1.35. The zero-order valence-electron chi connectivity index (χ0n) is 11.7. The van der Waals surface area contributed by atoms with Crippen LogP contribution in [0, 0.1) is 13.8 Å². The molecule has 1 heterocycles. The topological polar surface area (TPSA) is 32.3 Å². The summed E-state index contributed by atoms with van der Waals surface area (Å²) >= 11 is 0. The number of carbonyl (C=O) groups is 1. The minimum absolute atomic E-state index is 0.0408. The number of nitrogens with one attached hydrogen (secondary N) is 1. The molecule has 1 saturated heterocycles. The zero-order chi connectivity index (χ0) is 13.3. The van der Waals surface area contributed by atoms with Gasteiger partial charge < -0.3 is 10.2 Å². The number of para-hydroxylation sites is 1. The molecule has 0 spiro atoms. The van der Waals surface area contributed by atoms with E-state index in [1.54, 1.807) is 0 Å². The van der Waals surface area contributed by atoms with Gasteiger partial charge in [0.2, 0.25) is 5.91 Å². The Kier molecular flexibility index (Phi) is 3.44. The first kappa shape index (κ1) is 13.1. The van der Waals surface area contributed by atoms with E-state index in [0.29, 0.717) is 6.42 Å². The highest BCUT2D eigenvalue weighted by atomic mass is 16.2. The number of hydrogen-bond donors (Lipinski definition) is 1. The molecule has 0 saturated carbocycles. The number of rotatable bonds is 1. The van der Waals surface area contributed by atoms with Crippen LogP contribution in [-0.2, 0) is 4.79 Å². The molecule has 1 aromatic rings. The summed E-state index contributed by atoms with van der Waals surface area (Å²) in [6.45, 7) is 9.91. The number of amides is 1. The first-order valence-corrected chi connectivity index (χ1v) is 6.52. The van der Waals surface area contributed by atoms with Crippen LogP contribution in [0.3, 0.4) is 0 Å². The molecule has 0 aliphatic carbocycles. The normalized spacial score (nSPS) is 19.8. The zero-order valence-corrected chi connectivity index (χ0v) is 11.7. The van der Waals surface area contributed by atoms with Crippen molar-refractivity contribution in [3.63, 3.8) is 0 Å². The summed E-state index contributed by atoms with van der Waals surface area (Å²) in [4.78, 5) is 14.2. The Labute approximate surface area is 109 Å². The molecule has 1 aliphatic heterocycles. The van der Waals surface area contributed by atoms with Gasteiger partial charge >= 0.3 is 0 Å². The van der Waals surface area contributed by atoms with Gasteiger partial charge in [-0.2, -0.15) is 0 Å². The monoisotopic (exact) mass is 246 g/mol. The fraction of sp³-hybridized carbons (Fsp3) is 0.533. The van der Waals surface area contributed by atoms with Gasteiger partial charge in [-0.1, -0.05) is 18.2 Å². The average Bonchev–Trinajstić information content (AvgIpc) is 2.38. The summed E-state index contributed by atoms with van der Waals surface area (Å²) in [6, 6.07) is 6.18. The molecule has 0 bridgehead atoms. The van der Waals surface area contributed by atoms with Gasteiger partial charge in [-0.25, -0.2) is 0 Å². The molecule has 1 fully saturated rings. The SMILES string of the molecule is Cc1cccc(C)c1N1CC(C)(C)NCCC1=O. The molecule has 1 N–H and O–H groups in total. The number of carbonyl (C=O) groups excluding carboxylic acids is 1. The fourth-order valence-corrected chi connectivity index (χ4v) is 2.62. The third-order valence-corrected chi connectivity index (χ3v) is 3.51. The van der Waals surface area contributed by atoms with Crippen LogP contribution in [0.2, 0.25) is 0 Å². The summed E-state index contributed by atoms with van der Waals surface area (Å²) in [6.07, 6.45) is 0.567. The van der Waals surface area contributed by atoms with Crippen molar-refractivity contribution in [1.29, 1.82) is 0 Å². The van der Waals surface area contributed by atoms with Crippen molar-refractivity contribution in [3.8, 4) is 0 Å². The number of benzene rings is 1. The van der Waals surface area contributed by atoms with Crippen LogP contribution in [-0.4, -0.2) is 24.5 Å². The van der Waals surface area contributed by atoms with Crippen LogP contribution >= 0.6 is 0 Å². The molecule has 3 heteroatoms. The molecule has 0 unspecified atom stereocenters. The van der Waals surface area contributed by atoms with Gasteiger partial charge in [-0.15, -0.1) is 0 Å². The van der Waals surface area contributed by atoms with E-state index < -0.39 is 0 Å². The minimum Gasteiger partial charge on any atom is -0.310 e. The molecular weight excluding hydrogens is 224 g/mol. The van der Waals surface area contributed by atoms with Crippen LogP contribution in [0.1, 0.15) is 31.4 Å². The van der Waals surface area contributed by atoms with Crippen LogP contribution in [0.15, 0.2) is 18.2 Å². The molecule has 3 nitrogen and oxygen atoms in total. The second kappa shape index (κ2) is 4.73. The molecular formula is C15H22N2O. The molecule has 18 heavy (non-hydrogen) atoms. The van der Waals surface area contributed by atoms with Crippen LogP contribution in [0.25, 0.3) is 0 Å². The van der Waals surface area contributed by atoms with Crippen molar-refractivity contribution < 1.29 is 4.79 Å². The lowest BCUT2D eigenvalue weighted by Gasteiger charge is -2.32. The van der Waals surface area contributed by atoms with Crippen molar-refractivity contribution in [2.75, 3.05) is 18.0 Å². The number of hydrogen-bond acceptors (Lipinski definition) is 2. The first-order valence-electron chi connectivity index (χ1n) is 6.52. The third-order valence-electron chi connectivity index (χ3n) is 3.51. The van der Waals surface area contributed by atoms with Crippen molar-refractivity contribution >= 4 is 11.6 Å². The molecule has 1 aliphatic rings. The molecule has 2 rings (SSSR count). The standard InChI is InChI=1S/C15H22N2O/c1-11-6-5-7-12(2)14(11)17-10-15(3,4)16-9-8-13(17)18/h5-7,16H,8-10H2,1-4H3. The maximum absolute atomic E-state index is 12.3. The van der Waals surface area contributed by atoms with E-state index >= 15 is 0 Å².